The van der Waals surface area contributed by atoms with Crippen molar-refractivity contribution in [2.75, 3.05) is 13.2 Å². The largest absolute Gasteiger partial charge is 0.465 e. The Morgan fingerprint density at radius 2 is 1.41 bits per heavy atom. The molecule has 0 aliphatic heterocycles. The standard InChI is InChI=1S/C10H15F3O4/c1-4-16-8(14)7(9(15)17-5-2)6(3)10(11,12)13/h6-7H,4-5H2,1-3H3. The zero-order valence-corrected chi connectivity index (χ0v) is 9.84. The number of alkyl halides is 3. The van der Waals surface area contributed by atoms with Crippen molar-refractivity contribution >= 4 is 11.9 Å². The molecule has 0 aliphatic rings. The molecule has 17 heavy (non-hydrogen) atoms. The summed E-state index contributed by atoms with van der Waals surface area (Å²) in [5, 5.41) is 0. The smallest absolute Gasteiger partial charge is 0.392 e. The van der Waals surface area contributed by atoms with Gasteiger partial charge in [-0.1, -0.05) is 6.92 Å². The molecule has 0 rings (SSSR count). The van der Waals surface area contributed by atoms with Gasteiger partial charge in [0.15, 0.2) is 5.92 Å². The van der Waals surface area contributed by atoms with Crippen molar-refractivity contribution in [3.05, 3.63) is 0 Å². The second kappa shape index (κ2) is 6.46. The summed E-state index contributed by atoms with van der Waals surface area (Å²) < 4.78 is 46.4. The van der Waals surface area contributed by atoms with E-state index in [1.165, 1.54) is 13.8 Å². The third kappa shape index (κ3) is 4.62. The molecule has 0 fully saturated rings. The number of hydrogen-bond donors (Lipinski definition) is 0. The first-order valence-electron chi connectivity index (χ1n) is 5.15. The summed E-state index contributed by atoms with van der Waals surface area (Å²) in [4.78, 5) is 22.6. The zero-order chi connectivity index (χ0) is 13.6. The fourth-order valence-corrected chi connectivity index (χ4v) is 1.16. The molecule has 1 unspecified atom stereocenters. The average molecular weight is 256 g/mol. The molecule has 0 aromatic carbocycles. The molecule has 7 heteroatoms. The van der Waals surface area contributed by atoms with Crippen LogP contribution in [0.5, 0.6) is 0 Å². The highest BCUT2D eigenvalue weighted by molar-refractivity contribution is 5.95. The minimum atomic E-state index is -4.66. The number of rotatable bonds is 5. The van der Waals surface area contributed by atoms with Crippen molar-refractivity contribution in [2.24, 2.45) is 11.8 Å². The number of esters is 2. The SMILES string of the molecule is CCOC(=O)C(C(=O)OCC)C(C)C(F)(F)F. The van der Waals surface area contributed by atoms with E-state index < -0.39 is 30.0 Å². The van der Waals surface area contributed by atoms with Gasteiger partial charge < -0.3 is 9.47 Å². The molecule has 0 N–H and O–H groups in total. The molecule has 0 aromatic heterocycles. The van der Waals surface area contributed by atoms with E-state index in [9.17, 15) is 22.8 Å². The van der Waals surface area contributed by atoms with Crippen LogP contribution in [-0.2, 0) is 19.1 Å². The summed E-state index contributed by atoms with van der Waals surface area (Å²) in [6, 6.07) is 0. The first-order valence-corrected chi connectivity index (χ1v) is 5.15. The molecular formula is C10H15F3O4. The highest BCUT2D eigenvalue weighted by Gasteiger charge is 2.49. The Bertz CT molecular complexity index is 257. The lowest BCUT2D eigenvalue weighted by atomic mass is 9.93. The normalized spacial score (nSPS) is 13.4. The minimum absolute atomic E-state index is 0.0979. The fraction of sp³-hybridized carbons (Fsp3) is 0.800. The van der Waals surface area contributed by atoms with E-state index in [1.807, 2.05) is 0 Å². The van der Waals surface area contributed by atoms with E-state index in [-0.39, 0.29) is 13.2 Å². The lowest BCUT2D eigenvalue weighted by Crippen LogP contribution is -2.40. The van der Waals surface area contributed by atoms with Crippen LogP contribution in [-0.4, -0.2) is 31.3 Å². The lowest BCUT2D eigenvalue weighted by Gasteiger charge is -2.22. The van der Waals surface area contributed by atoms with E-state index >= 15 is 0 Å². The molecule has 4 nitrogen and oxygen atoms in total. The van der Waals surface area contributed by atoms with Gasteiger partial charge in [0, 0.05) is 0 Å². The van der Waals surface area contributed by atoms with Crippen LogP contribution < -0.4 is 0 Å². The summed E-state index contributed by atoms with van der Waals surface area (Å²) in [6.45, 7) is 3.44. The molecule has 0 amide bonds. The summed E-state index contributed by atoms with van der Waals surface area (Å²) in [7, 11) is 0. The van der Waals surface area contributed by atoms with E-state index in [1.54, 1.807) is 0 Å². The molecule has 100 valence electrons. The summed E-state index contributed by atoms with van der Waals surface area (Å²) in [5.74, 6) is -6.53. The van der Waals surface area contributed by atoms with Crippen LogP contribution in [0, 0.1) is 11.8 Å². The third-order valence-corrected chi connectivity index (χ3v) is 2.10. The molecular weight excluding hydrogens is 241 g/mol. The average Bonchev–Trinajstić information content (AvgIpc) is 2.17. The first-order chi connectivity index (χ1) is 7.75. The Morgan fingerprint density at radius 3 is 1.65 bits per heavy atom. The molecule has 1 atom stereocenters. The Hall–Kier alpha value is -1.27. The number of carbonyl (C=O) groups excluding carboxylic acids is 2. The minimum Gasteiger partial charge on any atom is -0.465 e. The second-order valence-electron chi connectivity index (χ2n) is 3.31. The van der Waals surface area contributed by atoms with Gasteiger partial charge >= 0.3 is 18.1 Å². The van der Waals surface area contributed by atoms with Gasteiger partial charge in [0.05, 0.1) is 19.1 Å². The van der Waals surface area contributed by atoms with Gasteiger partial charge in [0.25, 0.3) is 0 Å². The van der Waals surface area contributed by atoms with Gasteiger partial charge in [-0.15, -0.1) is 0 Å². The Morgan fingerprint density at radius 1 is 1.06 bits per heavy atom. The zero-order valence-electron chi connectivity index (χ0n) is 9.84. The summed E-state index contributed by atoms with van der Waals surface area (Å²) in [6.07, 6.45) is -4.66. The molecule has 0 aliphatic carbocycles. The van der Waals surface area contributed by atoms with Crippen LogP contribution in [0.25, 0.3) is 0 Å². The van der Waals surface area contributed by atoms with Crippen molar-refractivity contribution in [2.45, 2.75) is 26.9 Å². The van der Waals surface area contributed by atoms with E-state index in [0.717, 1.165) is 6.92 Å². The van der Waals surface area contributed by atoms with Crippen LogP contribution >= 0.6 is 0 Å². The van der Waals surface area contributed by atoms with Crippen molar-refractivity contribution in [3.8, 4) is 0 Å². The molecule has 0 aromatic rings. The maximum atomic E-state index is 12.5. The Labute approximate surface area is 97.1 Å². The van der Waals surface area contributed by atoms with Gasteiger partial charge in [-0.3, -0.25) is 9.59 Å². The number of hydrogen-bond acceptors (Lipinski definition) is 4. The Balaban J connectivity index is 4.97. The van der Waals surface area contributed by atoms with Gasteiger partial charge in [0.2, 0.25) is 0 Å². The monoisotopic (exact) mass is 256 g/mol. The van der Waals surface area contributed by atoms with Gasteiger partial charge in [-0.25, -0.2) is 0 Å². The molecule has 0 saturated heterocycles. The Kier molecular flexibility index (Phi) is 5.98. The number of ether oxygens (including phenoxy) is 2. The van der Waals surface area contributed by atoms with Crippen LogP contribution in [0.2, 0.25) is 0 Å². The van der Waals surface area contributed by atoms with E-state index in [2.05, 4.69) is 9.47 Å². The first kappa shape index (κ1) is 15.7. The van der Waals surface area contributed by atoms with Crippen LogP contribution in [0.3, 0.4) is 0 Å². The van der Waals surface area contributed by atoms with Crippen LogP contribution in [0.1, 0.15) is 20.8 Å². The van der Waals surface area contributed by atoms with Crippen LogP contribution in [0.4, 0.5) is 13.2 Å². The van der Waals surface area contributed by atoms with Gasteiger partial charge in [0.1, 0.15) is 0 Å². The summed E-state index contributed by atoms with van der Waals surface area (Å²) >= 11 is 0. The quantitative estimate of drug-likeness (QED) is 0.557. The van der Waals surface area contributed by atoms with Crippen molar-refractivity contribution in [3.63, 3.8) is 0 Å². The van der Waals surface area contributed by atoms with E-state index in [4.69, 9.17) is 0 Å². The maximum absolute atomic E-state index is 12.5. The highest BCUT2D eigenvalue weighted by Crippen LogP contribution is 2.33. The summed E-state index contributed by atoms with van der Waals surface area (Å²) in [5.41, 5.74) is 0. The third-order valence-electron chi connectivity index (χ3n) is 2.10. The van der Waals surface area contributed by atoms with Gasteiger partial charge in [-0.2, -0.15) is 13.2 Å². The lowest BCUT2D eigenvalue weighted by molar-refractivity contribution is -0.202. The molecule has 0 saturated carbocycles. The number of halogens is 3. The van der Waals surface area contributed by atoms with Gasteiger partial charge in [-0.05, 0) is 13.8 Å². The molecule has 0 heterocycles. The van der Waals surface area contributed by atoms with Crippen LogP contribution in [0.15, 0.2) is 0 Å². The maximum Gasteiger partial charge on any atom is 0.392 e. The molecule has 0 bridgehead atoms. The highest BCUT2D eigenvalue weighted by atomic mass is 19.4. The van der Waals surface area contributed by atoms with Crippen molar-refractivity contribution in [1.29, 1.82) is 0 Å². The number of carbonyl (C=O) groups is 2. The topological polar surface area (TPSA) is 52.6 Å². The van der Waals surface area contributed by atoms with E-state index in [0.29, 0.717) is 0 Å². The van der Waals surface area contributed by atoms with Crippen molar-refractivity contribution in [1.82, 2.24) is 0 Å². The second-order valence-corrected chi connectivity index (χ2v) is 3.31. The predicted octanol–water partition coefficient (Wildman–Crippen LogP) is 1.93. The molecule has 0 spiro atoms. The fourth-order valence-electron chi connectivity index (χ4n) is 1.16. The molecule has 0 radical (unpaired) electrons. The predicted molar refractivity (Wildman–Crippen MR) is 52.0 cm³/mol. The van der Waals surface area contributed by atoms with Crippen molar-refractivity contribution < 1.29 is 32.2 Å².